The van der Waals surface area contributed by atoms with E-state index in [1.807, 2.05) is 0 Å². The summed E-state index contributed by atoms with van der Waals surface area (Å²) in [5.74, 6) is -1.20. The van der Waals surface area contributed by atoms with Crippen molar-refractivity contribution in [1.29, 1.82) is 0 Å². The van der Waals surface area contributed by atoms with Gasteiger partial charge in [0.2, 0.25) is 17.7 Å². The molecule has 2 saturated carbocycles. The lowest BCUT2D eigenvalue weighted by Crippen LogP contribution is -2.40. The molecule has 5 aliphatic rings. The first-order valence-electron chi connectivity index (χ1n) is 9.42. The topological polar surface area (TPSA) is 75.7 Å². The quantitative estimate of drug-likeness (QED) is 0.616. The van der Waals surface area contributed by atoms with E-state index in [-0.39, 0.29) is 41.2 Å². The van der Waals surface area contributed by atoms with Crippen LogP contribution in [0.5, 0.6) is 5.75 Å². The normalized spacial score (nSPS) is 34.1. The zero-order chi connectivity index (χ0) is 20.5. The number of benzene rings is 1. The molecule has 4 aliphatic carbocycles. The van der Waals surface area contributed by atoms with Gasteiger partial charge < -0.3 is 10.1 Å². The van der Waals surface area contributed by atoms with Crippen LogP contribution in [-0.4, -0.2) is 35.5 Å². The minimum absolute atomic E-state index is 0.0840. The Morgan fingerprint density at radius 1 is 1.03 bits per heavy atom. The van der Waals surface area contributed by atoms with Crippen LogP contribution in [0.3, 0.4) is 0 Å². The average molecular weight is 406 g/mol. The smallest absolute Gasteiger partial charge is 0.406 e. The molecule has 6 nitrogen and oxygen atoms in total. The summed E-state index contributed by atoms with van der Waals surface area (Å²) in [5, 5.41) is 2.50. The summed E-state index contributed by atoms with van der Waals surface area (Å²) in [5.41, 5.74) is 0.240. The number of nitrogens with one attached hydrogen (secondary N) is 1. The number of nitrogens with zero attached hydrogens (tertiary/aromatic N) is 1. The number of alkyl halides is 3. The Hall–Kier alpha value is -2.84. The highest BCUT2D eigenvalue weighted by Crippen LogP contribution is 2.65. The molecule has 6 atom stereocenters. The van der Waals surface area contributed by atoms with E-state index < -0.39 is 24.6 Å². The lowest BCUT2D eigenvalue weighted by atomic mass is 9.63. The molecule has 1 saturated heterocycles. The highest BCUT2D eigenvalue weighted by Gasteiger charge is 2.67. The second kappa shape index (κ2) is 6.08. The van der Waals surface area contributed by atoms with Crippen molar-refractivity contribution >= 4 is 23.4 Å². The third kappa shape index (κ3) is 2.99. The number of halogens is 3. The van der Waals surface area contributed by atoms with Crippen LogP contribution in [0, 0.1) is 35.5 Å². The zero-order valence-corrected chi connectivity index (χ0v) is 15.1. The van der Waals surface area contributed by atoms with Crippen LogP contribution in [0.2, 0.25) is 0 Å². The van der Waals surface area contributed by atoms with Crippen molar-refractivity contribution in [3.05, 3.63) is 36.4 Å². The molecule has 0 unspecified atom stereocenters. The van der Waals surface area contributed by atoms with Crippen LogP contribution >= 0.6 is 0 Å². The molecule has 29 heavy (non-hydrogen) atoms. The van der Waals surface area contributed by atoms with Crippen molar-refractivity contribution < 1.29 is 32.3 Å². The van der Waals surface area contributed by atoms with Gasteiger partial charge >= 0.3 is 6.36 Å². The van der Waals surface area contributed by atoms with E-state index in [0.29, 0.717) is 11.8 Å². The molecular weight excluding hydrogens is 389 g/mol. The van der Waals surface area contributed by atoms with Gasteiger partial charge in [0, 0.05) is 5.69 Å². The molecule has 1 aromatic carbocycles. The summed E-state index contributed by atoms with van der Waals surface area (Å²) in [7, 11) is 0. The van der Waals surface area contributed by atoms with Crippen molar-refractivity contribution in [2.45, 2.75) is 12.8 Å². The zero-order valence-electron chi connectivity index (χ0n) is 15.1. The highest BCUT2D eigenvalue weighted by atomic mass is 19.4. The van der Waals surface area contributed by atoms with Gasteiger partial charge in [-0.1, -0.05) is 12.2 Å². The third-order valence-electron chi connectivity index (χ3n) is 6.43. The summed E-state index contributed by atoms with van der Waals surface area (Å²) in [4.78, 5) is 39.1. The maximum atomic E-state index is 12.8. The summed E-state index contributed by atoms with van der Waals surface area (Å²) in [6, 6.07) is 4.65. The standard InChI is InChI=1S/C20H17F3N2O4/c21-20(22,23)29-10-3-1-9(2-4-10)24-15(26)8-25-18(27)16-11-5-6-12(14-7-13(11)14)17(16)19(25)28/h1-6,11-14,16-17H,7-8H2,(H,24,26)/t11-,12-,13-,14-,16+,17+/m1/s1. The van der Waals surface area contributed by atoms with E-state index >= 15 is 0 Å². The molecule has 1 heterocycles. The molecule has 1 N–H and O–H groups in total. The van der Waals surface area contributed by atoms with E-state index in [1.165, 1.54) is 12.1 Å². The number of hydrogen-bond acceptors (Lipinski definition) is 4. The van der Waals surface area contributed by atoms with Gasteiger partial charge in [-0.3, -0.25) is 19.3 Å². The number of carbonyl (C=O) groups is 3. The van der Waals surface area contributed by atoms with Gasteiger partial charge in [0.05, 0.1) is 11.8 Å². The van der Waals surface area contributed by atoms with Gasteiger partial charge in [-0.2, -0.15) is 0 Å². The Kier molecular flexibility index (Phi) is 3.81. The van der Waals surface area contributed by atoms with Gasteiger partial charge in [-0.15, -0.1) is 13.2 Å². The number of allylic oxidation sites excluding steroid dienone is 2. The summed E-state index contributed by atoms with van der Waals surface area (Å²) in [6.07, 6.45) is 0.371. The van der Waals surface area contributed by atoms with E-state index in [0.717, 1.165) is 23.5 Å². The number of carbonyl (C=O) groups excluding carboxylic acids is 3. The number of rotatable bonds is 4. The molecule has 0 spiro atoms. The second-order valence-corrected chi connectivity index (χ2v) is 8.04. The summed E-state index contributed by atoms with van der Waals surface area (Å²) < 4.78 is 40.4. The highest BCUT2D eigenvalue weighted by molar-refractivity contribution is 6.09. The lowest BCUT2D eigenvalue weighted by molar-refractivity contribution is -0.274. The van der Waals surface area contributed by atoms with Crippen molar-refractivity contribution in [3.8, 4) is 5.75 Å². The number of amides is 3. The second-order valence-electron chi connectivity index (χ2n) is 8.04. The third-order valence-corrected chi connectivity index (χ3v) is 6.43. The maximum absolute atomic E-state index is 12.8. The molecule has 3 fully saturated rings. The predicted molar refractivity (Wildman–Crippen MR) is 93.2 cm³/mol. The molecule has 0 aromatic heterocycles. The van der Waals surface area contributed by atoms with Gasteiger partial charge in [-0.05, 0) is 54.4 Å². The minimum Gasteiger partial charge on any atom is -0.406 e. The number of anilines is 1. The summed E-state index contributed by atoms with van der Waals surface area (Å²) in [6.45, 7) is -0.403. The van der Waals surface area contributed by atoms with Crippen LogP contribution in [0.25, 0.3) is 0 Å². The Balaban J connectivity index is 1.24. The molecule has 3 amide bonds. The molecule has 6 rings (SSSR count). The molecule has 2 bridgehead atoms. The predicted octanol–water partition coefficient (Wildman–Crippen LogP) is 2.58. The van der Waals surface area contributed by atoms with Crippen molar-refractivity contribution in [2.24, 2.45) is 35.5 Å². The number of ether oxygens (including phenoxy) is 1. The van der Waals surface area contributed by atoms with Crippen LogP contribution in [0.15, 0.2) is 36.4 Å². The van der Waals surface area contributed by atoms with E-state index in [2.05, 4.69) is 22.2 Å². The lowest BCUT2D eigenvalue weighted by Gasteiger charge is -2.37. The Morgan fingerprint density at radius 3 is 2.10 bits per heavy atom. The molecule has 0 radical (unpaired) electrons. The first-order valence-corrected chi connectivity index (χ1v) is 9.42. The maximum Gasteiger partial charge on any atom is 0.573 e. The van der Waals surface area contributed by atoms with Gasteiger partial charge in [0.15, 0.2) is 0 Å². The SMILES string of the molecule is O=C(CN1C(=O)[C@H]2[C@@H]3C=C[C@H]([C@H]4C[C@H]34)[C@@H]2C1=O)Nc1ccc(OC(F)(F)F)cc1. The minimum atomic E-state index is -4.80. The number of hydrogen-bond donors (Lipinski definition) is 1. The van der Waals surface area contributed by atoms with E-state index in [1.54, 1.807) is 0 Å². The number of likely N-dealkylation sites (tertiary alicyclic amines) is 1. The van der Waals surface area contributed by atoms with Crippen molar-refractivity contribution in [2.75, 3.05) is 11.9 Å². The molecule has 1 aliphatic heterocycles. The average Bonchev–Trinajstić information content (AvgIpc) is 3.43. The molecule has 152 valence electrons. The van der Waals surface area contributed by atoms with Crippen LogP contribution in [0.4, 0.5) is 18.9 Å². The first kappa shape index (κ1) is 18.2. The van der Waals surface area contributed by atoms with Gasteiger partial charge in [0.1, 0.15) is 12.3 Å². The molecule has 1 aromatic rings. The van der Waals surface area contributed by atoms with Crippen molar-refractivity contribution in [3.63, 3.8) is 0 Å². The largest absolute Gasteiger partial charge is 0.573 e. The van der Waals surface area contributed by atoms with Crippen LogP contribution in [-0.2, 0) is 14.4 Å². The molecule has 9 heteroatoms. The molecular formula is C20H17F3N2O4. The van der Waals surface area contributed by atoms with Crippen LogP contribution in [0.1, 0.15) is 6.42 Å². The number of imide groups is 1. The van der Waals surface area contributed by atoms with E-state index in [4.69, 9.17) is 0 Å². The van der Waals surface area contributed by atoms with Crippen molar-refractivity contribution in [1.82, 2.24) is 4.90 Å². The summed E-state index contributed by atoms with van der Waals surface area (Å²) >= 11 is 0. The monoisotopic (exact) mass is 406 g/mol. The Bertz CT molecular complexity index is 891. The Morgan fingerprint density at radius 2 is 1.59 bits per heavy atom. The van der Waals surface area contributed by atoms with Gasteiger partial charge in [0.25, 0.3) is 0 Å². The fourth-order valence-electron chi connectivity index (χ4n) is 5.26. The fourth-order valence-corrected chi connectivity index (χ4v) is 5.26. The van der Waals surface area contributed by atoms with E-state index in [9.17, 15) is 27.6 Å². The van der Waals surface area contributed by atoms with Gasteiger partial charge in [-0.25, -0.2) is 0 Å². The fraction of sp³-hybridized carbons (Fsp3) is 0.450. The Labute approximate surface area is 163 Å². The first-order chi connectivity index (χ1) is 13.7. The van der Waals surface area contributed by atoms with Crippen LogP contribution < -0.4 is 10.1 Å².